The van der Waals surface area contributed by atoms with E-state index in [2.05, 4.69) is 4.98 Å². The number of benzene rings is 1. The first-order valence-corrected chi connectivity index (χ1v) is 7.20. The van der Waals surface area contributed by atoms with E-state index in [1.165, 1.54) is 0 Å². The predicted octanol–water partition coefficient (Wildman–Crippen LogP) is 2.67. The number of rotatable bonds is 4. The number of aromatic nitrogens is 1. The zero-order valence-corrected chi connectivity index (χ0v) is 11.2. The van der Waals surface area contributed by atoms with Gasteiger partial charge in [-0.3, -0.25) is 9.19 Å². The van der Waals surface area contributed by atoms with Crippen LogP contribution in [0.4, 0.5) is 5.69 Å². The van der Waals surface area contributed by atoms with Gasteiger partial charge in [0.05, 0.1) is 15.7 Å². The number of aryl methyl sites for hydroxylation is 1. The second-order valence-corrected chi connectivity index (χ2v) is 5.78. The lowest BCUT2D eigenvalue weighted by Crippen LogP contribution is -2.05. The Bertz CT molecular complexity index is 560. The fourth-order valence-electron chi connectivity index (χ4n) is 1.58. The Morgan fingerprint density at radius 2 is 2.11 bits per heavy atom. The van der Waals surface area contributed by atoms with Crippen molar-refractivity contribution < 1.29 is 4.21 Å². The van der Waals surface area contributed by atoms with Crippen molar-refractivity contribution in [3.8, 4) is 0 Å². The SMILES string of the molecule is Nc1cc(Cl)ccc1S(=O)CCc1ccccn1. The topological polar surface area (TPSA) is 56.0 Å². The molecular formula is C13H13ClN2OS. The van der Waals surface area contributed by atoms with E-state index < -0.39 is 10.8 Å². The van der Waals surface area contributed by atoms with Crippen molar-refractivity contribution in [2.75, 3.05) is 11.5 Å². The number of nitrogens with zero attached hydrogens (tertiary/aromatic N) is 1. The van der Waals surface area contributed by atoms with Crippen molar-refractivity contribution in [2.24, 2.45) is 0 Å². The molecule has 94 valence electrons. The second-order valence-electron chi connectivity index (χ2n) is 3.80. The van der Waals surface area contributed by atoms with Gasteiger partial charge >= 0.3 is 0 Å². The van der Waals surface area contributed by atoms with Gasteiger partial charge in [0.1, 0.15) is 0 Å². The molecule has 1 unspecified atom stereocenters. The Kier molecular flexibility index (Phi) is 4.33. The highest BCUT2D eigenvalue weighted by Crippen LogP contribution is 2.21. The van der Waals surface area contributed by atoms with Crippen LogP contribution in [0.5, 0.6) is 0 Å². The molecule has 0 amide bonds. The fourth-order valence-corrected chi connectivity index (χ4v) is 2.92. The minimum absolute atomic E-state index is 0.474. The first-order valence-electron chi connectivity index (χ1n) is 5.50. The van der Waals surface area contributed by atoms with E-state index in [9.17, 15) is 4.21 Å². The molecule has 3 nitrogen and oxygen atoms in total. The molecule has 0 aliphatic carbocycles. The molecule has 2 N–H and O–H groups in total. The Morgan fingerprint density at radius 1 is 1.28 bits per heavy atom. The zero-order chi connectivity index (χ0) is 13.0. The van der Waals surface area contributed by atoms with E-state index in [1.54, 1.807) is 24.4 Å². The molecule has 0 saturated carbocycles. The fraction of sp³-hybridized carbons (Fsp3) is 0.154. The van der Waals surface area contributed by atoms with E-state index in [0.717, 1.165) is 5.69 Å². The van der Waals surface area contributed by atoms with E-state index in [-0.39, 0.29) is 0 Å². The summed E-state index contributed by atoms with van der Waals surface area (Å²) >= 11 is 5.81. The van der Waals surface area contributed by atoms with Crippen LogP contribution in [0.25, 0.3) is 0 Å². The molecule has 1 aromatic heterocycles. The highest BCUT2D eigenvalue weighted by Gasteiger charge is 2.08. The quantitative estimate of drug-likeness (QED) is 0.876. The smallest absolute Gasteiger partial charge is 0.0618 e. The Morgan fingerprint density at radius 3 is 2.78 bits per heavy atom. The Balaban J connectivity index is 2.04. The molecule has 2 rings (SSSR count). The van der Waals surface area contributed by atoms with Crippen LogP contribution >= 0.6 is 11.6 Å². The molecule has 0 saturated heterocycles. The summed E-state index contributed by atoms with van der Waals surface area (Å²) in [6, 6.07) is 10.7. The summed E-state index contributed by atoms with van der Waals surface area (Å²) in [5.41, 5.74) is 7.20. The lowest BCUT2D eigenvalue weighted by Gasteiger charge is -2.06. The molecular weight excluding hydrogens is 268 g/mol. The summed E-state index contributed by atoms with van der Waals surface area (Å²) in [4.78, 5) is 4.83. The molecule has 0 aliphatic rings. The van der Waals surface area contributed by atoms with Crippen LogP contribution in [0.3, 0.4) is 0 Å². The highest BCUT2D eigenvalue weighted by atomic mass is 35.5. The maximum atomic E-state index is 12.1. The van der Waals surface area contributed by atoms with Crippen LogP contribution in [0.15, 0.2) is 47.5 Å². The van der Waals surface area contributed by atoms with Crippen molar-refractivity contribution in [3.05, 3.63) is 53.3 Å². The molecule has 1 heterocycles. The molecule has 2 aromatic rings. The zero-order valence-electron chi connectivity index (χ0n) is 9.67. The van der Waals surface area contributed by atoms with Crippen LogP contribution in [0, 0.1) is 0 Å². The normalized spacial score (nSPS) is 12.3. The molecule has 5 heteroatoms. The monoisotopic (exact) mass is 280 g/mol. The van der Waals surface area contributed by atoms with Gasteiger partial charge in [0.25, 0.3) is 0 Å². The van der Waals surface area contributed by atoms with Crippen LogP contribution < -0.4 is 5.73 Å². The van der Waals surface area contributed by atoms with Gasteiger partial charge in [-0.15, -0.1) is 0 Å². The van der Waals surface area contributed by atoms with Gasteiger partial charge in [-0.05, 0) is 30.3 Å². The highest BCUT2D eigenvalue weighted by molar-refractivity contribution is 7.85. The summed E-state index contributed by atoms with van der Waals surface area (Å²) in [6.45, 7) is 0. The first kappa shape index (κ1) is 13.1. The second kappa shape index (κ2) is 5.98. The standard InChI is InChI=1S/C13H13ClN2OS/c14-10-4-5-13(12(15)9-10)18(17)8-6-11-3-1-2-7-16-11/h1-5,7,9H,6,8,15H2. The van der Waals surface area contributed by atoms with Crippen molar-refractivity contribution in [3.63, 3.8) is 0 Å². The molecule has 0 radical (unpaired) electrons. The van der Waals surface area contributed by atoms with Crippen molar-refractivity contribution in [1.82, 2.24) is 4.98 Å². The van der Waals surface area contributed by atoms with Crippen LogP contribution in [0.1, 0.15) is 5.69 Å². The maximum Gasteiger partial charge on any atom is 0.0618 e. The molecule has 0 aliphatic heterocycles. The average Bonchev–Trinajstić information content (AvgIpc) is 2.37. The number of nitrogens with two attached hydrogens (primary N) is 1. The lowest BCUT2D eigenvalue weighted by atomic mass is 10.3. The van der Waals surface area contributed by atoms with Gasteiger partial charge in [-0.25, -0.2) is 0 Å². The third kappa shape index (κ3) is 3.31. The van der Waals surface area contributed by atoms with Gasteiger partial charge < -0.3 is 5.73 Å². The average molecular weight is 281 g/mol. The number of hydrogen-bond acceptors (Lipinski definition) is 3. The first-order chi connectivity index (χ1) is 8.66. The third-order valence-electron chi connectivity index (χ3n) is 2.49. The van der Waals surface area contributed by atoms with Crippen LogP contribution in [-0.2, 0) is 17.2 Å². The summed E-state index contributed by atoms with van der Waals surface area (Å²) in [6.07, 6.45) is 2.39. The van der Waals surface area contributed by atoms with Crippen molar-refractivity contribution >= 4 is 28.1 Å². The van der Waals surface area contributed by atoms with E-state index in [1.807, 2.05) is 18.2 Å². The van der Waals surface area contributed by atoms with E-state index in [4.69, 9.17) is 17.3 Å². The number of halogens is 1. The summed E-state index contributed by atoms with van der Waals surface area (Å²) in [7, 11) is -1.13. The number of nitrogen functional groups attached to an aromatic ring is 1. The van der Waals surface area contributed by atoms with Gasteiger partial charge in [0.2, 0.25) is 0 Å². The number of anilines is 1. The summed E-state index contributed by atoms with van der Waals surface area (Å²) < 4.78 is 12.1. The molecule has 0 bridgehead atoms. The number of pyridine rings is 1. The Hall–Kier alpha value is -1.39. The van der Waals surface area contributed by atoms with Gasteiger partial charge in [0, 0.05) is 34.8 Å². The molecule has 1 atom stereocenters. The van der Waals surface area contributed by atoms with E-state index in [0.29, 0.717) is 27.8 Å². The molecule has 0 spiro atoms. The minimum Gasteiger partial charge on any atom is -0.398 e. The van der Waals surface area contributed by atoms with Crippen molar-refractivity contribution in [2.45, 2.75) is 11.3 Å². The molecule has 18 heavy (non-hydrogen) atoms. The number of hydrogen-bond donors (Lipinski definition) is 1. The lowest BCUT2D eigenvalue weighted by molar-refractivity contribution is 0.682. The van der Waals surface area contributed by atoms with Gasteiger partial charge in [-0.2, -0.15) is 0 Å². The van der Waals surface area contributed by atoms with Gasteiger partial charge in [-0.1, -0.05) is 17.7 Å². The molecule has 1 aromatic carbocycles. The largest absolute Gasteiger partial charge is 0.398 e. The van der Waals surface area contributed by atoms with Crippen LogP contribution in [-0.4, -0.2) is 14.9 Å². The summed E-state index contributed by atoms with van der Waals surface area (Å²) in [5.74, 6) is 0.503. The third-order valence-corrected chi connectivity index (χ3v) is 4.16. The summed E-state index contributed by atoms with van der Waals surface area (Å²) in [5, 5.41) is 0.554. The van der Waals surface area contributed by atoms with Crippen molar-refractivity contribution in [1.29, 1.82) is 0 Å². The maximum absolute atomic E-state index is 12.1. The van der Waals surface area contributed by atoms with Gasteiger partial charge in [0.15, 0.2) is 0 Å². The predicted molar refractivity (Wildman–Crippen MR) is 75.1 cm³/mol. The Labute approximate surface area is 113 Å². The minimum atomic E-state index is -1.13. The van der Waals surface area contributed by atoms with Crippen LogP contribution in [0.2, 0.25) is 5.02 Å². The van der Waals surface area contributed by atoms with E-state index >= 15 is 0 Å². The molecule has 0 fully saturated rings.